The monoisotopic (exact) mass is 239 g/mol. The van der Waals surface area contributed by atoms with E-state index in [0.717, 1.165) is 6.42 Å². The molecule has 0 spiro atoms. The molecule has 3 heteroatoms. The molecule has 0 bridgehead atoms. The molecule has 0 unspecified atom stereocenters. The molecule has 2 aromatic rings. The van der Waals surface area contributed by atoms with E-state index in [0.29, 0.717) is 11.8 Å². The molecule has 0 N–H and O–H groups in total. The molecule has 18 heavy (non-hydrogen) atoms. The average molecular weight is 239 g/mol. The second-order valence-corrected chi connectivity index (χ2v) is 4.71. The van der Waals surface area contributed by atoms with Crippen molar-refractivity contribution in [3.63, 3.8) is 0 Å². The van der Waals surface area contributed by atoms with Crippen molar-refractivity contribution in [2.24, 2.45) is 0 Å². The molecule has 3 rings (SSSR count). The molecule has 0 amide bonds. The molecule has 0 heterocycles. The third-order valence-electron chi connectivity index (χ3n) is 3.55. The molecule has 0 radical (unpaired) electrons. The average Bonchev–Trinajstić information content (AvgIpc) is 3.20. The van der Waals surface area contributed by atoms with Gasteiger partial charge in [-0.15, -0.1) is 0 Å². The summed E-state index contributed by atoms with van der Waals surface area (Å²) in [5, 5.41) is 10.6. The lowest BCUT2D eigenvalue weighted by Gasteiger charge is -2.01. The van der Waals surface area contributed by atoms with Gasteiger partial charge < -0.3 is 0 Å². The molecule has 2 aromatic carbocycles. The van der Waals surface area contributed by atoms with Crippen molar-refractivity contribution >= 4 is 5.69 Å². The lowest BCUT2D eigenvalue weighted by molar-refractivity contribution is -0.384. The summed E-state index contributed by atoms with van der Waals surface area (Å²) in [5.74, 6) is 1.10. The maximum atomic E-state index is 10.6. The smallest absolute Gasteiger partial charge is 0.258 e. The van der Waals surface area contributed by atoms with Gasteiger partial charge in [0.1, 0.15) is 0 Å². The summed E-state index contributed by atoms with van der Waals surface area (Å²) in [6.07, 6.45) is 1.14. The van der Waals surface area contributed by atoms with Crippen molar-refractivity contribution in [1.82, 2.24) is 0 Å². The van der Waals surface area contributed by atoms with E-state index in [1.54, 1.807) is 12.1 Å². The summed E-state index contributed by atoms with van der Waals surface area (Å²) in [4.78, 5) is 10.2. The highest BCUT2D eigenvalue weighted by Crippen LogP contribution is 2.54. The summed E-state index contributed by atoms with van der Waals surface area (Å²) in [7, 11) is 0. The summed E-state index contributed by atoms with van der Waals surface area (Å²) in [5.41, 5.74) is 2.73. The first-order valence-corrected chi connectivity index (χ1v) is 6.05. The number of benzene rings is 2. The molecular weight excluding hydrogens is 226 g/mol. The van der Waals surface area contributed by atoms with Gasteiger partial charge in [0, 0.05) is 12.1 Å². The van der Waals surface area contributed by atoms with Gasteiger partial charge in [-0.05, 0) is 29.4 Å². The normalized spacial score (nSPS) is 21.6. The molecule has 2 atom stereocenters. The first-order chi connectivity index (χ1) is 8.75. The Balaban J connectivity index is 1.77. The Morgan fingerprint density at radius 2 is 1.44 bits per heavy atom. The Bertz CT molecular complexity index is 563. The van der Waals surface area contributed by atoms with Crippen molar-refractivity contribution in [1.29, 1.82) is 0 Å². The third-order valence-corrected chi connectivity index (χ3v) is 3.55. The molecule has 1 aliphatic rings. The first kappa shape index (κ1) is 11.0. The Kier molecular flexibility index (Phi) is 2.59. The highest BCUT2D eigenvalue weighted by molar-refractivity contribution is 5.40. The molecule has 0 aromatic heterocycles. The zero-order valence-corrected chi connectivity index (χ0v) is 9.82. The van der Waals surface area contributed by atoms with Gasteiger partial charge >= 0.3 is 0 Å². The Hall–Kier alpha value is -2.16. The number of nitrogens with zero attached hydrogens (tertiary/aromatic N) is 1. The number of hydrogen-bond acceptors (Lipinski definition) is 2. The van der Waals surface area contributed by atoms with E-state index in [1.165, 1.54) is 11.1 Å². The number of nitro groups is 1. The van der Waals surface area contributed by atoms with E-state index >= 15 is 0 Å². The van der Waals surface area contributed by atoms with Crippen LogP contribution in [0.25, 0.3) is 0 Å². The van der Waals surface area contributed by atoms with Crippen molar-refractivity contribution in [3.8, 4) is 0 Å². The Labute approximate surface area is 105 Å². The van der Waals surface area contributed by atoms with Crippen LogP contribution >= 0.6 is 0 Å². The van der Waals surface area contributed by atoms with E-state index in [1.807, 2.05) is 18.2 Å². The molecule has 3 nitrogen and oxygen atoms in total. The topological polar surface area (TPSA) is 43.1 Å². The van der Waals surface area contributed by atoms with Crippen LogP contribution < -0.4 is 0 Å². The fourth-order valence-electron chi connectivity index (χ4n) is 2.48. The van der Waals surface area contributed by atoms with Crippen LogP contribution in [0, 0.1) is 10.1 Å². The van der Waals surface area contributed by atoms with Crippen molar-refractivity contribution in [2.75, 3.05) is 0 Å². The highest BCUT2D eigenvalue weighted by atomic mass is 16.6. The van der Waals surface area contributed by atoms with Crippen LogP contribution in [0.15, 0.2) is 54.6 Å². The molecule has 0 aliphatic heterocycles. The van der Waals surface area contributed by atoms with Crippen molar-refractivity contribution in [3.05, 3.63) is 75.8 Å². The largest absolute Gasteiger partial charge is 0.269 e. The predicted octanol–water partition coefficient (Wildman–Crippen LogP) is 3.87. The van der Waals surface area contributed by atoms with Crippen molar-refractivity contribution in [2.45, 2.75) is 18.3 Å². The molecule has 1 aliphatic carbocycles. The number of rotatable bonds is 3. The number of non-ortho nitro benzene ring substituents is 1. The summed E-state index contributed by atoms with van der Waals surface area (Å²) in [6.45, 7) is 0. The van der Waals surface area contributed by atoms with Gasteiger partial charge in [0.05, 0.1) is 4.92 Å². The quantitative estimate of drug-likeness (QED) is 0.602. The van der Waals surface area contributed by atoms with E-state index in [2.05, 4.69) is 24.3 Å². The second-order valence-electron chi connectivity index (χ2n) is 4.71. The molecule has 1 fully saturated rings. The maximum absolute atomic E-state index is 10.6. The van der Waals surface area contributed by atoms with Crippen molar-refractivity contribution < 1.29 is 4.92 Å². The van der Waals surface area contributed by atoms with Crippen LogP contribution in [0.3, 0.4) is 0 Å². The first-order valence-electron chi connectivity index (χ1n) is 6.05. The minimum absolute atomic E-state index is 0.163. The lowest BCUT2D eigenvalue weighted by Crippen LogP contribution is -1.89. The molecule has 0 saturated heterocycles. The Morgan fingerprint density at radius 3 is 2.00 bits per heavy atom. The van der Waals surface area contributed by atoms with Gasteiger partial charge in [-0.3, -0.25) is 10.1 Å². The predicted molar refractivity (Wildman–Crippen MR) is 69.6 cm³/mol. The van der Waals surface area contributed by atoms with Crippen LogP contribution in [-0.2, 0) is 0 Å². The summed E-state index contributed by atoms with van der Waals surface area (Å²) in [6, 6.07) is 17.4. The highest BCUT2D eigenvalue weighted by Gasteiger charge is 2.39. The SMILES string of the molecule is O=[N+]([O-])c1ccc([C@H]2C[C@@H]2c2ccccc2)cc1. The van der Waals surface area contributed by atoms with Crippen LogP contribution in [0.2, 0.25) is 0 Å². The van der Waals surface area contributed by atoms with Crippen LogP contribution in [-0.4, -0.2) is 4.92 Å². The van der Waals surface area contributed by atoms with E-state index in [-0.39, 0.29) is 10.6 Å². The van der Waals surface area contributed by atoms with Gasteiger partial charge in [0.25, 0.3) is 5.69 Å². The maximum Gasteiger partial charge on any atom is 0.269 e. The number of hydrogen-bond donors (Lipinski definition) is 0. The standard InChI is InChI=1S/C15H13NO2/c17-16(18)13-8-6-12(7-9-13)15-10-14(15)11-4-2-1-3-5-11/h1-9,14-15H,10H2/t14-,15-/m1/s1. The van der Waals surface area contributed by atoms with Crippen LogP contribution in [0.1, 0.15) is 29.4 Å². The van der Waals surface area contributed by atoms with E-state index in [4.69, 9.17) is 0 Å². The summed E-state index contributed by atoms with van der Waals surface area (Å²) < 4.78 is 0. The van der Waals surface area contributed by atoms with E-state index in [9.17, 15) is 10.1 Å². The minimum atomic E-state index is -0.356. The number of nitro benzene ring substituents is 1. The van der Waals surface area contributed by atoms with Crippen LogP contribution in [0.5, 0.6) is 0 Å². The van der Waals surface area contributed by atoms with Gasteiger partial charge in [-0.1, -0.05) is 42.5 Å². The zero-order valence-electron chi connectivity index (χ0n) is 9.82. The van der Waals surface area contributed by atoms with Gasteiger partial charge in [-0.2, -0.15) is 0 Å². The van der Waals surface area contributed by atoms with E-state index < -0.39 is 0 Å². The Morgan fingerprint density at radius 1 is 0.889 bits per heavy atom. The molecule has 1 saturated carbocycles. The fraction of sp³-hybridized carbons (Fsp3) is 0.200. The molecule has 90 valence electrons. The third kappa shape index (κ3) is 1.99. The fourth-order valence-corrected chi connectivity index (χ4v) is 2.48. The minimum Gasteiger partial charge on any atom is -0.258 e. The zero-order chi connectivity index (χ0) is 12.5. The van der Waals surface area contributed by atoms with Gasteiger partial charge in [0.2, 0.25) is 0 Å². The summed E-state index contributed by atoms with van der Waals surface area (Å²) >= 11 is 0. The molecular formula is C15H13NO2. The van der Waals surface area contributed by atoms with Gasteiger partial charge in [-0.25, -0.2) is 0 Å². The lowest BCUT2D eigenvalue weighted by atomic mass is 10.0. The van der Waals surface area contributed by atoms with Gasteiger partial charge in [0.15, 0.2) is 0 Å². The second kappa shape index (κ2) is 4.26. The van der Waals surface area contributed by atoms with Crippen LogP contribution in [0.4, 0.5) is 5.69 Å².